The van der Waals surface area contributed by atoms with Crippen molar-refractivity contribution in [2.45, 2.75) is 13.8 Å². The summed E-state index contributed by atoms with van der Waals surface area (Å²) >= 11 is 0. The summed E-state index contributed by atoms with van der Waals surface area (Å²) < 4.78 is 0. The van der Waals surface area contributed by atoms with E-state index >= 15 is 0 Å². The SMILES string of the molecule is CC.NNc1ccc(C(=O)O)cc1N. The Labute approximate surface area is 82.7 Å². The summed E-state index contributed by atoms with van der Waals surface area (Å²) in [6, 6.07) is 4.28. The molecular formula is C9H15N3O2. The highest BCUT2D eigenvalue weighted by Gasteiger charge is 2.04. The van der Waals surface area contributed by atoms with Crippen LogP contribution in [0.1, 0.15) is 24.2 Å². The predicted molar refractivity (Wildman–Crippen MR) is 57.0 cm³/mol. The third-order valence-corrected chi connectivity index (χ3v) is 1.45. The molecule has 0 amide bonds. The highest BCUT2D eigenvalue weighted by Crippen LogP contribution is 2.18. The highest BCUT2D eigenvalue weighted by atomic mass is 16.4. The van der Waals surface area contributed by atoms with Crippen molar-refractivity contribution in [2.75, 3.05) is 11.2 Å². The minimum atomic E-state index is -1.01. The molecular weight excluding hydrogens is 182 g/mol. The molecule has 0 aliphatic heterocycles. The second kappa shape index (κ2) is 5.82. The minimum absolute atomic E-state index is 0.145. The van der Waals surface area contributed by atoms with E-state index < -0.39 is 5.97 Å². The number of carboxylic acids is 1. The molecule has 14 heavy (non-hydrogen) atoms. The van der Waals surface area contributed by atoms with Crippen molar-refractivity contribution in [3.63, 3.8) is 0 Å². The van der Waals surface area contributed by atoms with E-state index in [9.17, 15) is 4.79 Å². The lowest BCUT2D eigenvalue weighted by Gasteiger charge is -2.04. The number of nitrogens with two attached hydrogens (primary N) is 2. The average molecular weight is 197 g/mol. The second-order valence-electron chi connectivity index (χ2n) is 2.25. The molecule has 0 radical (unpaired) electrons. The molecule has 0 atom stereocenters. The number of aromatic carboxylic acids is 1. The van der Waals surface area contributed by atoms with Crippen molar-refractivity contribution in [1.29, 1.82) is 0 Å². The van der Waals surface area contributed by atoms with E-state index in [4.69, 9.17) is 16.7 Å². The molecule has 0 saturated carbocycles. The molecule has 1 aromatic rings. The normalized spacial score (nSPS) is 8.50. The first-order valence-electron chi connectivity index (χ1n) is 4.24. The topological polar surface area (TPSA) is 101 Å². The van der Waals surface area contributed by atoms with Crippen LogP contribution in [0.3, 0.4) is 0 Å². The Balaban J connectivity index is 0.000000791. The Kier molecular flexibility index (Phi) is 5.09. The van der Waals surface area contributed by atoms with Gasteiger partial charge in [-0.25, -0.2) is 4.79 Å². The molecule has 5 heteroatoms. The smallest absolute Gasteiger partial charge is 0.335 e. The zero-order valence-electron chi connectivity index (χ0n) is 8.24. The van der Waals surface area contributed by atoms with E-state index in [1.54, 1.807) is 0 Å². The summed E-state index contributed by atoms with van der Waals surface area (Å²) in [6.45, 7) is 4.00. The number of benzene rings is 1. The summed E-state index contributed by atoms with van der Waals surface area (Å²) in [5.74, 6) is 4.09. The summed E-state index contributed by atoms with van der Waals surface area (Å²) in [7, 11) is 0. The molecule has 6 N–H and O–H groups in total. The lowest BCUT2D eigenvalue weighted by molar-refractivity contribution is 0.0697. The van der Waals surface area contributed by atoms with Gasteiger partial charge in [0.15, 0.2) is 0 Å². The zero-order valence-corrected chi connectivity index (χ0v) is 8.24. The van der Waals surface area contributed by atoms with Gasteiger partial charge in [-0.2, -0.15) is 0 Å². The molecule has 0 unspecified atom stereocenters. The molecule has 0 spiro atoms. The number of hydrazine groups is 1. The van der Waals surface area contributed by atoms with E-state index in [1.165, 1.54) is 18.2 Å². The fraction of sp³-hybridized carbons (Fsp3) is 0.222. The standard InChI is InChI=1S/C7H9N3O2.C2H6/c8-5-3-4(7(11)12)1-2-6(5)10-9;1-2/h1-3,10H,8-9H2,(H,11,12);1-2H3. The van der Waals surface area contributed by atoms with Crippen LogP contribution in [0, 0.1) is 0 Å². The lowest BCUT2D eigenvalue weighted by atomic mass is 10.2. The van der Waals surface area contributed by atoms with Crippen LogP contribution in [0.5, 0.6) is 0 Å². The van der Waals surface area contributed by atoms with Gasteiger partial charge in [0, 0.05) is 0 Å². The predicted octanol–water partition coefficient (Wildman–Crippen LogP) is 1.28. The van der Waals surface area contributed by atoms with Crippen LogP contribution >= 0.6 is 0 Å². The number of carbonyl (C=O) groups is 1. The van der Waals surface area contributed by atoms with Gasteiger partial charge < -0.3 is 16.3 Å². The molecule has 0 saturated heterocycles. The van der Waals surface area contributed by atoms with Crippen LogP contribution in [0.4, 0.5) is 11.4 Å². The van der Waals surface area contributed by atoms with Gasteiger partial charge in [-0.3, -0.25) is 5.84 Å². The second-order valence-corrected chi connectivity index (χ2v) is 2.25. The van der Waals surface area contributed by atoms with E-state index in [2.05, 4.69) is 5.43 Å². The quantitative estimate of drug-likeness (QED) is 0.325. The Bertz CT molecular complexity index is 313. The molecule has 1 aromatic carbocycles. The van der Waals surface area contributed by atoms with Gasteiger partial charge in [-0.15, -0.1) is 0 Å². The Morgan fingerprint density at radius 3 is 2.36 bits per heavy atom. The van der Waals surface area contributed by atoms with Crippen molar-refractivity contribution in [3.8, 4) is 0 Å². The summed E-state index contributed by atoms with van der Waals surface area (Å²) in [4.78, 5) is 10.4. The van der Waals surface area contributed by atoms with Crippen LogP contribution in [0.2, 0.25) is 0 Å². The van der Waals surface area contributed by atoms with Crippen LogP contribution < -0.4 is 17.0 Å². The van der Waals surface area contributed by atoms with Gasteiger partial charge in [0.2, 0.25) is 0 Å². The van der Waals surface area contributed by atoms with E-state index in [1.807, 2.05) is 13.8 Å². The van der Waals surface area contributed by atoms with Crippen LogP contribution in [0.25, 0.3) is 0 Å². The summed E-state index contributed by atoms with van der Waals surface area (Å²) in [5, 5.41) is 8.57. The van der Waals surface area contributed by atoms with E-state index in [-0.39, 0.29) is 5.56 Å². The van der Waals surface area contributed by atoms with Gasteiger partial charge in [0.1, 0.15) is 0 Å². The summed E-state index contributed by atoms with van der Waals surface area (Å²) in [6.07, 6.45) is 0. The van der Waals surface area contributed by atoms with Crippen molar-refractivity contribution < 1.29 is 9.90 Å². The molecule has 78 valence electrons. The number of rotatable bonds is 2. The maximum Gasteiger partial charge on any atom is 0.335 e. The minimum Gasteiger partial charge on any atom is -0.478 e. The Hall–Kier alpha value is -1.75. The third-order valence-electron chi connectivity index (χ3n) is 1.45. The molecule has 1 rings (SSSR count). The first-order valence-corrected chi connectivity index (χ1v) is 4.24. The molecule has 5 nitrogen and oxygen atoms in total. The van der Waals surface area contributed by atoms with E-state index in [0.29, 0.717) is 11.4 Å². The Morgan fingerprint density at radius 2 is 2.00 bits per heavy atom. The molecule has 0 heterocycles. The first kappa shape index (κ1) is 12.2. The third kappa shape index (κ3) is 2.95. The van der Waals surface area contributed by atoms with Crippen molar-refractivity contribution in [2.24, 2.45) is 5.84 Å². The monoisotopic (exact) mass is 197 g/mol. The maximum atomic E-state index is 10.4. The number of anilines is 2. The van der Waals surface area contributed by atoms with Crippen LogP contribution in [-0.2, 0) is 0 Å². The van der Waals surface area contributed by atoms with Gasteiger partial charge >= 0.3 is 5.97 Å². The molecule has 0 fully saturated rings. The number of carboxylic acid groups (broad SMARTS) is 1. The number of nitrogens with one attached hydrogen (secondary N) is 1. The molecule has 0 bridgehead atoms. The number of nitrogen functional groups attached to an aromatic ring is 2. The molecule has 0 aliphatic carbocycles. The number of hydrogen-bond acceptors (Lipinski definition) is 4. The molecule has 0 aliphatic rings. The number of hydrogen-bond donors (Lipinski definition) is 4. The maximum absolute atomic E-state index is 10.4. The lowest BCUT2D eigenvalue weighted by Crippen LogP contribution is -2.09. The fourth-order valence-corrected chi connectivity index (χ4v) is 0.827. The average Bonchev–Trinajstić information content (AvgIpc) is 2.20. The molecule has 0 aromatic heterocycles. The zero-order chi connectivity index (χ0) is 11.1. The van der Waals surface area contributed by atoms with Crippen LogP contribution in [-0.4, -0.2) is 11.1 Å². The van der Waals surface area contributed by atoms with Crippen molar-refractivity contribution in [3.05, 3.63) is 23.8 Å². The van der Waals surface area contributed by atoms with Crippen LogP contribution in [0.15, 0.2) is 18.2 Å². The van der Waals surface area contributed by atoms with Crippen molar-refractivity contribution >= 4 is 17.3 Å². The fourth-order valence-electron chi connectivity index (χ4n) is 0.827. The Morgan fingerprint density at radius 1 is 1.43 bits per heavy atom. The van der Waals surface area contributed by atoms with Gasteiger partial charge in [-0.05, 0) is 18.2 Å². The van der Waals surface area contributed by atoms with Gasteiger partial charge in [0.05, 0.1) is 16.9 Å². The summed E-state index contributed by atoms with van der Waals surface area (Å²) in [5.41, 5.74) is 8.78. The highest BCUT2D eigenvalue weighted by molar-refractivity contribution is 5.90. The first-order chi connectivity index (χ1) is 6.65. The van der Waals surface area contributed by atoms with E-state index in [0.717, 1.165) is 0 Å². The largest absolute Gasteiger partial charge is 0.478 e. The van der Waals surface area contributed by atoms with Crippen molar-refractivity contribution in [1.82, 2.24) is 0 Å². The van der Waals surface area contributed by atoms with Gasteiger partial charge in [0.25, 0.3) is 0 Å². The van der Waals surface area contributed by atoms with Gasteiger partial charge in [-0.1, -0.05) is 13.8 Å².